The molecule has 0 spiro atoms. The summed E-state index contributed by atoms with van der Waals surface area (Å²) in [6.07, 6.45) is 4.04. The van der Waals surface area contributed by atoms with Crippen LogP contribution in [0.25, 0.3) is 0 Å². The van der Waals surface area contributed by atoms with Crippen LogP contribution in [0.4, 0.5) is 0 Å². The minimum absolute atomic E-state index is 0.325. The zero-order valence-electron chi connectivity index (χ0n) is 9.38. The Kier molecular flexibility index (Phi) is 3.81. The van der Waals surface area contributed by atoms with Crippen LogP contribution in [0, 0.1) is 16.7 Å². The second kappa shape index (κ2) is 5.16. The van der Waals surface area contributed by atoms with Crippen molar-refractivity contribution in [3.63, 3.8) is 0 Å². The summed E-state index contributed by atoms with van der Waals surface area (Å²) in [6, 6.07) is 7.48. The maximum Gasteiger partial charge on any atom is 0.122 e. The standard InChI is InChI=1S/C13H13Cl2NO/c14-10-5-11(15)7-12(6-10)17-9-13(8-16)3-1-2-4-13/h5-7H,1-4,9H2. The number of rotatable bonds is 3. The third kappa shape index (κ3) is 3.06. The Morgan fingerprint density at radius 1 is 1.18 bits per heavy atom. The van der Waals surface area contributed by atoms with Crippen molar-refractivity contribution in [1.29, 1.82) is 5.26 Å². The van der Waals surface area contributed by atoms with Gasteiger partial charge in [0.05, 0.1) is 11.5 Å². The first-order chi connectivity index (χ1) is 8.13. The van der Waals surface area contributed by atoms with E-state index in [4.69, 9.17) is 27.9 Å². The molecule has 0 N–H and O–H groups in total. The molecule has 17 heavy (non-hydrogen) atoms. The van der Waals surface area contributed by atoms with Crippen LogP contribution >= 0.6 is 23.2 Å². The maximum absolute atomic E-state index is 9.22. The molecule has 0 amide bonds. The molecule has 1 aliphatic rings. The molecule has 0 radical (unpaired) electrons. The van der Waals surface area contributed by atoms with Gasteiger partial charge in [0.25, 0.3) is 0 Å². The number of hydrogen-bond donors (Lipinski definition) is 0. The van der Waals surface area contributed by atoms with Crippen LogP contribution in [0.3, 0.4) is 0 Å². The van der Waals surface area contributed by atoms with E-state index in [1.54, 1.807) is 18.2 Å². The van der Waals surface area contributed by atoms with Gasteiger partial charge in [0, 0.05) is 10.0 Å². The number of halogens is 2. The second-order valence-electron chi connectivity index (χ2n) is 4.49. The largest absolute Gasteiger partial charge is 0.492 e. The SMILES string of the molecule is N#CC1(COc2cc(Cl)cc(Cl)c2)CCCC1. The Hall–Kier alpha value is -0.910. The van der Waals surface area contributed by atoms with Crippen LogP contribution in [0.15, 0.2) is 18.2 Å². The third-order valence-corrected chi connectivity index (χ3v) is 3.59. The molecule has 1 aromatic rings. The first-order valence-corrected chi connectivity index (χ1v) is 6.39. The predicted molar refractivity (Wildman–Crippen MR) is 68.5 cm³/mol. The van der Waals surface area contributed by atoms with E-state index in [2.05, 4.69) is 6.07 Å². The van der Waals surface area contributed by atoms with E-state index in [1.165, 1.54) is 0 Å². The van der Waals surface area contributed by atoms with E-state index in [1.807, 2.05) is 0 Å². The topological polar surface area (TPSA) is 33.0 Å². The van der Waals surface area contributed by atoms with E-state index >= 15 is 0 Å². The summed E-state index contributed by atoms with van der Waals surface area (Å²) in [7, 11) is 0. The first-order valence-electron chi connectivity index (χ1n) is 5.64. The average Bonchev–Trinajstić information content (AvgIpc) is 2.74. The lowest BCUT2D eigenvalue weighted by Crippen LogP contribution is -2.23. The van der Waals surface area contributed by atoms with Crippen molar-refractivity contribution in [2.45, 2.75) is 25.7 Å². The number of hydrogen-bond acceptors (Lipinski definition) is 2. The molecule has 1 saturated carbocycles. The molecule has 2 rings (SSSR count). The van der Waals surface area contributed by atoms with Crippen molar-refractivity contribution in [3.8, 4) is 11.8 Å². The maximum atomic E-state index is 9.22. The summed E-state index contributed by atoms with van der Waals surface area (Å²) in [4.78, 5) is 0. The fraction of sp³-hybridized carbons (Fsp3) is 0.462. The lowest BCUT2D eigenvalue weighted by molar-refractivity contribution is 0.201. The number of nitrogens with zero attached hydrogens (tertiary/aromatic N) is 1. The molecule has 1 fully saturated rings. The van der Waals surface area contributed by atoms with Crippen LogP contribution in [-0.2, 0) is 0 Å². The van der Waals surface area contributed by atoms with Gasteiger partial charge in [-0.1, -0.05) is 36.0 Å². The minimum atomic E-state index is -0.325. The molecule has 1 aromatic carbocycles. The number of benzene rings is 1. The molecule has 4 heteroatoms. The fourth-order valence-corrected chi connectivity index (χ4v) is 2.68. The van der Waals surface area contributed by atoms with Crippen molar-refractivity contribution >= 4 is 23.2 Å². The highest BCUT2D eigenvalue weighted by molar-refractivity contribution is 6.34. The first kappa shape index (κ1) is 12.5. The van der Waals surface area contributed by atoms with Gasteiger partial charge in [-0.15, -0.1) is 0 Å². The Labute approximate surface area is 111 Å². The number of ether oxygens (including phenoxy) is 1. The summed E-state index contributed by atoms with van der Waals surface area (Å²) in [6.45, 7) is 0.417. The molecule has 0 aromatic heterocycles. The Morgan fingerprint density at radius 2 is 1.76 bits per heavy atom. The van der Waals surface area contributed by atoms with Gasteiger partial charge in [-0.25, -0.2) is 0 Å². The van der Waals surface area contributed by atoms with Crippen molar-refractivity contribution in [2.24, 2.45) is 5.41 Å². The molecule has 2 nitrogen and oxygen atoms in total. The molecule has 0 atom stereocenters. The molecular formula is C13H13Cl2NO. The smallest absolute Gasteiger partial charge is 0.122 e. The zero-order valence-corrected chi connectivity index (χ0v) is 10.9. The summed E-state index contributed by atoms with van der Waals surface area (Å²) in [5.74, 6) is 0.629. The highest BCUT2D eigenvalue weighted by Gasteiger charge is 2.34. The summed E-state index contributed by atoms with van der Waals surface area (Å²) in [5, 5.41) is 10.3. The van der Waals surface area contributed by atoms with Gasteiger partial charge in [-0.2, -0.15) is 5.26 Å². The molecule has 0 bridgehead atoms. The molecule has 1 aliphatic carbocycles. The fourth-order valence-electron chi connectivity index (χ4n) is 2.17. The highest BCUT2D eigenvalue weighted by atomic mass is 35.5. The van der Waals surface area contributed by atoms with E-state index in [0.29, 0.717) is 22.4 Å². The Balaban J connectivity index is 2.04. The molecule has 0 saturated heterocycles. The molecule has 90 valence electrons. The van der Waals surface area contributed by atoms with E-state index in [0.717, 1.165) is 25.7 Å². The third-order valence-electron chi connectivity index (χ3n) is 3.15. The summed E-state index contributed by atoms with van der Waals surface area (Å²) < 4.78 is 5.65. The minimum Gasteiger partial charge on any atom is -0.492 e. The van der Waals surface area contributed by atoms with Crippen molar-refractivity contribution in [3.05, 3.63) is 28.2 Å². The molecule has 0 heterocycles. The summed E-state index contributed by atoms with van der Waals surface area (Å²) in [5.41, 5.74) is -0.325. The van der Waals surface area contributed by atoms with E-state index in [-0.39, 0.29) is 5.41 Å². The lowest BCUT2D eigenvalue weighted by atomic mass is 9.89. The van der Waals surface area contributed by atoms with Crippen LogP contribution < -0.4 is 4.74 Å². The monoisotopic (exact) mass is 269 g/mol. The van der Waals surface area contributed by atoms with Crippen LogP contribution in [0.1, 0.15) is 25.7 Å². The van der Waals surface area contributed by atoms with Gasteiger partial charge in [-0.05, 0) is 31.0 Å². The highest BCUT2D eigenvalue weighted by Crippen LogP contribution is 2.38. The zero-order chi connectivity index (χ0) is 12.3. The van der Waals surface area contributed by atoms with Gasteiger partial charge < -0.3 is 4.74 Å². The van der Waals surface area contributed by atoms with Crippen LogP contribution in [-0.4, -0.2) is 6.61 Å². The van der Waals surface area contributed by atoms with Gasteiger partial charge in [-0.3, -0.25) is 0 Å². The van der Waals surface area contributed by atoms with E-state index in [9.17, 15) is 5.26 Å². The Bertz CT molecular complexity index is 427. The molecular weight excluding hydrogens is 257 g/mol. The van der Waals surface area contributed by atoms with Crippen LogP contribution in [0.2, 0.25) is 10.0 Å². The quantitative estimate of drug-likeness (QED) is 0.812. The van der Waals surface area contributed by atoms with Crippen molar-refractivity contribution < 1.29 is 4.74 Å². The van der Waals surface area contributed by atoms with Gasteiger partial charge in [0.2, 0.25) is 0 Å². The average molecular weight is 270 g/mol. The Morgan fingerprint density at radius 3 is 2.29 bits per heavy atom. The normalized spacial score (nSPS) is 17.7. The molecule has 0 aliphatic heterocycles. The molecule has 0 unspecified atom stereocenters. The lowest BCUT2D eigenvalue weighted by Gasteiger charge is -2.20. The van der Waals surface area contributed by atoms with Gasteiger partial charge in [0.15, 0.2) is 0 Å². The summed E-state index contributed by atoms with van der Waals surface area (Å²) >= 11 is 11.8. The predicted octanol–water partition coefficient (Wildman–Crippen LogP) is 4.46. The number of nitriles is 1. The second-order valence-corrected chi connectivity index (χ2v) is 5.37. The van der Waals surface area contributed by atoms with Crippen molar-refractivity contribution in [2.75, 3.05) is 6.61 Å². The van der Waals surface area contributed by atoms with E-state index < -0.39 is 0 Å². The van der Waals surface area contributed by atoms with Gasteiger partial charge >= 0.3 is 0 Å². The van der Waals surface area contributed by atoms with Gasteiger partial charge in [0.1, 0.15) is 12.4 Å². The van der Waals surface area contributed by atoms with Crippen molar-refractivity contribution in [1.82, 2.24) is 0 Å². The van der Waals surface area contributed by atoms with Crippen LogP contribution in [0.5, 0.6) is 5.75 Å².